The van der Waals surface area contributed by atoms with Gasteiger partial charge in [0.15, 0.2) is 11.5 Å². The van der Waals surface area contributed by atoms with Gasteiger partial charge in [0.25, 0.3) is 0 Å². The van der Waals surface area contributed by atoms with E-state index in [1.54, 1.807) is 7.11 Å². The standard InChI is InChI=1S/C17H20ClNO2/c1-17(2,3)15-9-12(11-18)10-16(19-15)21-14-8-6-5-7-13(14)20-4/h5-10H,11H2,1-4H3. The van der Waals surface area contributed by atoms with Gasteiger partial charge in [0, 0.05) is 17.4 Å². The highest BCUT2D eigenvalue weighted by Gasteiger charge is 2.18. The second kappa shape index (κ2) is 6.35. The molecule has 0 saturated heterocycles. The highest BCUT2D eigenvalue weighted by atomic mass is 35.5. The minimum absolute atomic E-state index is 0.0685. The summed E-state index contributed by atoms with van der Waals surface area (Å²) in [5.41, 5.74) is 1.87. The molecule has 0 aliphatic rings. The summed E-state index contributed by atoms with van der Waals surface area (Å²) in [6, 6.07) is 11.4. The van der Waals surface area contributed by atoms with Crippen LogP contribution in [-0.2, 0) is 11.3 Å². The van der Waals surface area contributed by atoms with E-state index in [0.29, 0.717) is 23.3 Å². The van der Waals surface area contributed by atoms with Crippen molar-refractivity contribution < 1.29 is 9.47 Å². The van der Waals surface area contributed by atoms with Crippen LogP contribution in [0.3, 0.4) is 0 Å². The maximum Gasteiger partial charge on any atom is 0.219 e. The second-order valence-electron chi connectivity index (χ2n) is 5.84. The van der Waals surface area contributed by atoms with Gasteiger partial charge < -0.3 is 9.47 Å². The van der Waals surface area contributed by atoms with Gasteiger partial charge in [-0.1, -0.05) is 32.9 Å². The molecule has 1 aromatic carbocycles. The van der Waals surface area contributed by atoms with Crippen LogP contribution in [0.1, 0.15) is 32.0 Å². The van der Waals surface area contributed by atoms with Gasteiger partial charge in [-0.05, 0) is 23.8 Å². The lowest BCUT2D eigenvalue weighted by atomic mass is 9.91. The summed E-state index contributed by atoms with van der Waals surface area (Å²) in [6.07, 6.45) is 0. The van der Waals surface area contributed by atoms with Crippen LogP contribution < -0.4 is 9.47 Å². The third-order valence-corrected chi connectivity index (χ3v) is 3.38. The first-order chi connectivity index (χ1) is 9.94. The summed E-state index contributed by atoms with van der Waals surface area (Å²) < 4.78 is 11.2. The van der Waals surface area contributed by atoms with Gasteiger partial charge in [0.05, 0.1) is 12.8 Å². The highest BCUT2D eigenvalue weighted by molar-refractivity contribution is 6.17. The van der Waals surface area contributed by atoms with Crippen LogP contribution in [0.25, 0.3) is 0 Å². The maximum absolute atomic E-state index is 5.97. The lowest BCUT2D eigenvalue weighted by Gasteiger charge is -2.19. The zero-order valence-electron chi connectivity index (χ0n) is 12.8. The number of rotatable bonds is 4. The van der Waals surface area contributed by atoms with Gasteiger partial charge in [0.2, 0.25) is 5.88 Å². The minimum Gasteiger partial charge on any atom is -0.493 e. The maximum atomic E-state index is 5.97. The third-order valence-electron chi connectivity index (χ3n) is 3.07. The number of ether oxygens (including phenoxy) is 2. The number of hydrogen-bond acceptors (Lipinski definition) is 3. The Kier molecular flexibility index (Phi) is 4.73. The summed E-state index contributed by atoms with van der Waals surface area (Å²) >= 11 is 5.97. The number of hydrogen-bond donors (Lipinski definition) is 0. The molecule has 2 aromatic rings. The van der Waals surface area contributed by atoms with E-state index in [0.717, 1.165) is 11.3 Å². The number of pyridine rings is 1. The van der Waals surface area contributed by atoms with E-state index in [4.69, 9.17) is 21.1 Å². The molecular weight excluding hydrogens is 286 g/mol. The smallest absolute Gasteiger partial charge is 0.219 e. The predicted octanol–water partition coefficient (Wildman–Crippen LogP) is 4.92. The molecule has 0 saturated carbocycles. The van der Waals surface area contributed by atoms with Crippen molar-refractivity contribution in [3.05, 3.63) is 47.7 Å². The minimum atomic E-state index is -0.0685. The molecule has 0 radical (unpaired) electrons. The average Bonchev–Trinajstić information content (AvgIpc) is 2.46. The molecule has 0 fully saturated rings. The molecule has 0 aliphatic carbocycles. The van der Waals surface area contributed by atoms with Gasteiger partial charge in [-0.3, -0.25) is 0 Å². The topological polar surface area (TPSA) is 31.4 Å². The normalized spacial score (nSPS) is 11.3. The average molecular weight is 306 g/mol. The molecule has 0 atom stereocenters. The first-order valence-electron chi connectivity index (χ1n) is 6.82. The molecule has 21 heavy (non-hydrogen) atoms. The Labute approximate surface area is 130 Å². The molecule has 0 N–H and O–H groups in total. The number of nitrogens with zero attached hydrogens (tertiary/aromatic N) is 1. The Morgan fingerprint density at radius 1 is 1.10 bits per heavy atom. The van der Waals surface area contributed by atoms with E-state index in [-0.39, 0.29) is 5.41 Å². The Balaban J connectivity index is 2.39. The lowest BCUT2D eigenvalue weighted by molar-refractivity contribution is 0.372. The summed E-state index contributed by atoms with van der Waals surface area (Å²) in [7, 11) is 1.62. The first kappa shape index (κ1) is 15.6. The zero-order valence-corrected chi connectivity index (χ0v) is 13.6. The Bertz CT molecular complexity index is 620. The monoisotopic (exact) mass is 305 g/mol. The number of alkyl halides is 1. The van der Waals surface area contributed by atoms with Crippen molar-refractivity contribution in [3.63, 3.8) is 0 Å². The summed E-state index contributed by atoms with van der Waals surface area (Å²) in [5.74, 6) is 2.27. The molecule has 0 amide bonds. The van der Waals surface area contributed by atoms with Crippen LogP contribution >= 0.6 is 11.6 Å². The van der Waals surface area contributed by atoms with E-state index in [2.05, 4.69) is 25.8 Å². The number of aromatic nitrogens is 1. The lowest BCUT2D eigenvalue weighted by Crippen LogP contribution is -2.14. The Morgan fingerprint density at radius 3 is 2.33 bits per heavy atom. The van der Waals surface area contributed by atoms with Crippen LogP contribution in [-0.4, -0.2) is 12.1 Å². The van der Waals surface area contributed by atoms with Crippen LogP contribution in [0.4, 0.5) is 0 Å². The van der Waals surface area contributed by atoms with Crippen LogP contribution in [0.5, 0.6) is 17.4 Å². The number of methoxy groups -OCH3 is 1. The van der Waals surface area contributed by atoms with Crippen LogP contribution in [0.15, 0.2) is 36.4 Å². The highest BCUT2D eigenvalue weighted by Crippen LogP contribution is 2.32. The fourth-order valence-electron chi connectivity index (χ4n) is 1.89. The molecule has 112 valence electrons. The first-order valence-corrected chi connectivity index (χ1v) is 7.36. The molecule has 1 heterocycles. The van der Waals surface area contributed by atoms with Gasteiger partial charge in [-0.15, -0.1) is 11.6 Å². The number of para-hydroxylation sites is 2. The van der Waals surface area contributed by atoms with Gasteiger partial charge in [0.1, 0.15) is 0 Å². The van der Waals surface area contributed by atoms with Gasteiger partial charge in [-0.2, -0.15) is 0 Å². The molecule has 0 unspecified atom stereocenters. The van der Waals surface area contributed by atoms with Crippen molar-refractivity contribution in [3.8, 4) is 17.4 Å². The molecule has 4 heteroatoms. The largest absolute Gasteiger partial charge is 0.493 e. The van der Waals surface area contributed by atoms with E-state index >= 15 is 0 Å². The third kappa shape index (κ3) is 3.88. The fraction of sp³-hybridized carbons (Fsp3) is 0.353. The summed E-state index contributed by atoms with van der Waals surface area (Å²) in [5, 5.41) is 0. The van der Waals surface area contributed by atoms with Crippen molar-refractivity contribution >= 4 is 11.6 Å². The van der Waals surface area contributed by atoms with Crippen molar-refractivity contribution in [1.29, 1.82) is 0 Å². The molecule has 0 aliphatic heterocycles. The fourth-order valence-corrected chi connectivity index (χ4v) is 2.04. The van der Waals surface area contributed by atoms with Gasteiger partial charge >= 0.3 is 0 Å². The molecule has 3 nitrogen and oxygen atoms in total. The molecule has 0 spiro atoms. The van der Waals surface area contributed by atoms with Crippen molar-refractivity contribution in [2.75, 3.05) is 7.11 Å². The molecule has 1 aromatic heterocycles. The van der Waals surface area contributed by atoms with Crippen LogP contribution in [0, 0.1) is 0 Å². The molecule has 2 rings (SSSR count). The second-order valence-corrected chi connectivity index (χ2v) is 6.10. The molecule has 0 bridgehead atoms. The number of halogens is 1. The predicted molar refractivity (Wildman–Crippen MR) is 85.6 cm³/mol. The number of benzene rings is 1. The van der Waals surface area contributed by atoms with Crippen molar-refractivity contribution in [1.82, 2.24) is 4.98 Å². The Morgan fingerprint density at radius 2 is 1.76 bits per heavy atom. The Hall–Kier alpha value is -1.74. The van der Waals surface area contributed by atoms with E-state index in [1.807, 2.05) is 36.4 Å². The summed E-state index contributed by atoms with van der Waals surface area (Å²) in [6.45, 7) is 6.33. The quantitative estimate of drug-likeness (QED) is 0.751. The van der Waals surface area contributed by atoms with Crippen molar-refractivity contribution in [2.24, 2.45) is 0 Å². The van der Waals surface area contributed by atoms with E-state index < -0.39 is 0 Å². The summed E-state index contributed by atoms with van der Waals surface area (Å²) in [4.78, 5) is 4.59. The van der Waals surface area contributed by atoms with E-state index in [1.165, 1.54) is 0 Å². The zero-order chi connectivity index (χ0) is 15.5. The SMILES string of the molecule is COc1ccccc1Oc1cc(CCl)cc(C(C)(C)C)n1. The van der Waals surface area contributed by atoms with E-state index in [9.17, 15) is 0 Å². The van der Waals surface area contributed by atoms with Gasteiger partial charge in [-0.25, -0.2) is 4.98 Å². The van der Waals surface area contributed by atoms with Crippen LogP contribution in [0.2, 0.25) is 0 Å². The molecular formula is C17H20ClNO2. The van der Waals surface area contributed by atoms with Crippen molar-refractivity contribution in [2.45, 2.75) is 32.1 Å².